The van der Waals surface area contributed by atoms with E-state index < -0.39 is 10.2 Å². The molecule has 0 saturated carbocycles. The summed E-state index contributed by atoms with van der Waals surface area (Å²) in [5.41, 5.74) is 0.957. The molecule has 1 atom stereocenters. The average molecular weight is 330 g/mol. The molecule has 1 N–H and O–H groups in total. The molecule has 0 radical (unpaired) electrons. The van der Waals surface area contributed by atoms with Crippen molar-refractivity contribution in [1.82, 2.24) is 9.71 Å². The monoisotopic (exact) mass is 330 g/mol. The molecule has 7 heteroatoms. The number of rotatable bonds is 3. The van der Waals surface area contributed by atoms with Gasteiger partial charge in [0.15, 0.2) is 0 Å². The van der Waals surface area contributed by atoms with Crippen LogP contribution in [0.15, 0.2) is 30.5 Å². The number of pyridine rings is 1. The maximum Gasteiger partial charge on any atom is 0.301 e. The zero-order valence-corrected chi connectivity index (χ0v) is 13.7. The third kappa shape index (κ3) is 3.00. The van der Waals surface area contributed by atoms with Crippen LogP contribution in [0.5, 0.6) is 0 Å². The molecule has 0 bridgehead atoms. The lowest BCUT2D eigenvalue weighted by Gasteiger charge is -2.34. The molecular weight excluding hydrogens is 312 g/mol. The van der Waals surface area contributed by atoms with Crippen molar-refractivity contribution < 1.29 is 8.42 Å². The van der Waals surface area contributed by atoms with Gasteiger partial charge in [-0.3, -0.25) is 4.31 Å². The van der Waals surface area contributed by atoms with Crippen molar-refractivity contribution in [2.75, 3.05) is 17.4 Å². The predicted octanol–water partition coefficient (Wildman–Crippen LogP) is 2.18. The van der Waals surface area contributed by atoms with Crippen LogP contribution in [0.3, 0.4) is 0 Å². The molecule has 1 saturated heterocycles. The summed E-state index contributed by atoms with van der Waals surface area (Å²) >= 11 is 0. The van der Waals surface area contributed by atoms with E-state index in [1.54, 1.807) is 30.5 Å². The van der Waals surface area contributed by atoms with Gasteiger partial charge in [0.1, 0.15) is 11.8 Å². The third-order valence-electron chi connectivity index (χ3n) is 4.11. The Hall–Kier alpha value is -2.17. The van der Waals surface area contributed by atoms with Crippen LogP contribution in [-0.2, 0) is 10.2 Å². The standard InChI is InChI=1S/C16H18N4O2S/c1-2-3-12-10-19-23(21,22)20(11-12)14-4-5-15-13(8-14)6-7-18-16(15)9-17/h4-8,12,19H,2-3,10-11H2,1H3. The molecule has 1 aromatic heterocycles. The molecule has 0 aliphatic carbocycles. The Morgan fingerprint density at radius 1 is 1.43 bits per heavy atom. The Balaban J connectivity index is 2.02. The van der Waals surface area contributed by atoms with E-state index in [2.05, 4.69) is 22.7 Å². The van der Waals surface area contributed by atoms with E-state index in [1.165, 1.54) is 4.31 Å². The van der Waals surface area contributed by atoms with Crippen LogP contribution in [0.4, 0.5) is 5.69 Å². The fourth-order valence-electron chi connectivity index (χ4n) is 2.95. The molecule has 1 aliphatic heterocycles. The number of fused-ring (bicyclic) bond motifs is 1. The number of nitrogens with one attached hydrogen (secondary N) is 1. The Morgan fingerprint density at radius 2 is 2.26 bits per heavy atom. The van der Waals surface area contributed by atoms with Crippen LogP contribution < -0.4 is 9.03 Å². The molecule has 1 aliphatic rings. The zero-order chi connectivity index (χ0) is 16.4. The van der Waals surface area contributed by atoms with Gasteiger partial charge in [0.25, 0.3) is 0 Å². The van der Waals surface area contributed by atoms with Crippen molar-refractivity contribution in [3.05, 3.63) is 36.2 Å². The van der Waals surface area contributed by atoms with Gasteiger partial charge in [-0.25, -0.2) is 4.98 Å². The minimum absolute atomic E-state index is 0.298. The van der Waals surface area contributed by atoms with Crippen molar-refractivity contribution in [2.45, 2.75) is 19.8 Å². The molecule has 2 aromatic rings. The van der Waals surface area contributed by atoms with Crippen LogP contribution in [0.1, 0.15) is 25.5 Å². The average Bonchev–Trinajstić information content (AvgIpc) is 2.55. The van der Waals surface area contributed by atoms with Crippen LogP contribution in [0.2, 0.25) is 0 Å². The summed E-state index contributed by atoms with van der Waals surface area (Å²) in [6.07, 6.45) is 3.57. The third-order valence-corrected chi connectivity index (χ3v) is 5.58. The maximum absolute atomic E-state index is 12.3. The van der Waals surface area contributed by atoms with Gasteiger partial charge < -0.3 is 0 Å². The fourth-order valence-corrected chi connectivity index (χ4v) is 4.35. The van der Waals surface area contributed by atoms with Crippen LogP contribution in [0, 0.1) is 17.2 Å². The Labute approximate surface area is 135 Å². The summed E-state index contributed by atoms with van der Waals surface area (Å²) in [6.45, 7) is 3.06. The first-order chi connectivity index (χ1) is 11.0. The van der Waals surface area contributed by atoms with E-state index in [0.29, 0.717) is 30.4 Å². The van der Waals surface area contributed by atoms with Gasteiger partial charge in [0.2, 0.25) is 0 Å². The minimum atomic E-state index is -3.51. The van der Waals surface area contributed by atoms with Crippen molar-refractivity contribution in [1.29, 1.82) is 5.26 Å². The summed E-state index contributed by atoms with van der Waals surface area (Å²) in [7, 11) is -3.51. The number of anilines is 1. The first-order valence-electron chi connectivity index (χ1n) is 7.61. The lowest BCUT2D eigenvalue weighted by Crippen LogP contribution is -2.51. The Morgan fingerprint density at radius 3 is 3.00 bits per heavy atom. The molecule has 23 heavy (non-hydrogen) atoms. The molecule has 1 unspecified atom stereocenters. The summed E-state index contributed by atoms with van der Waals surface area (Å²) in [5, 5.41) is 10.6. The van der Waals surface area contributed by atoms with Crippen LogP contribution in [0.25, 0.3) is 10.8 Å². The van der Waals surface area contributed by atoms with E-state index >= 15 is 0 Å². The van der Waals surface area contributed by atoms with Gasteiger partial charge in [0.05, 0.1) is 5.69 Å². The summed E-state index contributed by atoms with van der Waals surface area (Å²) in [6, 6.07) is 9.13. The lowest BCUT2D eigenvalue weighted by atomic mass is 10.0. The Bertz CT molecular complexity index is 873. The highest BCUT2D eigenvalue weighted by atomic mass is 32.2. The lowest BCUT2D eigenvalue weighted by molar-refractivity contribution is 0.450. The molecule has 3 rings (SSSR count). The second kappa shape index (κ2) is 6.14. The van der Waals surface area contributed by atoms with E-state index in [1.807, 2.05) is 0 Å². The highest BCUT2D eigenvalue weighted by Gasteiger charge is 2.31. The largest absolute Gasteiger partial charge is 0.301 e. The van der Waals surface area contributed by atoms with E-state index in [0.717, 1.165) is 23.6 Å². The molecule has 2 heterocycles. The van der Waals surface area contributed by atoms with E-state index in [4.69, 9.17) is 5.26 Å². The number of aromatic nitrogens is 1. The number of hydrogen-bond donors (Lipinski definition) is 1. The van der Waals surface area contributed by atoms with Gasteiger partial charge >= 0.3 is 10.2 Å². The van der Waals surface area contributed by atoms with Gasteiger partial charge in [-0.05, 0) is 42.0 Å². The van der Waals surface area contributed by atoms with Crippen LogP contribution >= 0.6 is 0 Å². The normalized spacial score (nSPS) is 20.3. The number of nitrogens with zero attached hydrogens (tertiary/aromatic N) is 3. The summed E-state index contributed by atoms with van der Waals surface area (Å²) < 4.78 is 28.7. The topological polar surface area (TPSA) is 86.1 Å². The summed E-state index contributed by atoms with van der Waals surface area (Å²) in [5.74, 6) is 0.298. The molecule has 1 fully saturated rings. The van der Waals surface area contributed by atoms with Crippen LogP contribution in [-0.4, -0.2) is 26.5 Å². The molecule has 0 spiro atoms. The van der Waals surface area contributed by atoms with Crippen molar-refractivity contribution >= 4 is 26.7 Å². The van der Waals surface area contributed by atoms with Gasteiger partial charge in [0, 0.05) is 24.7 Å². The minimum Gasteiger partial charge on any atom is -0.257 e. The second-order valence-electron chi connectivity index (χ2n) is 5.72. The summed E-state index contributed by atoms with van der Waals surface area (Å²) in [4.78, 5) is 4.03. The highest BCUT2D eigenvalue weighted by Crippen LogP contribution is 2.28. The quantitative estimate of drug-likeness (QED) is 0.934. The predicted molar refractivity (Wildman–Crippen MR) is 89.1 cm³/mol. The van der Waals surface area contributed by atoms with Crippen molar-refractivity contribution in [3.63, 3.8) is 0 Å². The molecule has 1 aromatic carbocycles. The molecular formula is C16H18N4O2S. The first-order valence-corrected chi connectivity index (χ1v) is 9.05. The smallest absolute Gasteiger partial charge is 0.257 e. The zero-order valence-electron chi connectivity index (χ0n) is 12.9. The maximum atomic E-state index is 12.3. The number of hydrogen-bond acceptors (Lipinski definition) is 4. The number of benzene rings is 1. The first kappa shape index (κ1) is 15.7. The van der Waals surface area contributed by atoms with Gasteiger partial charge in [-0.1, -0.05) is 13.3 Å². The Kier molecular flexibility index (Phi) is 4.20. The van der Waals surface area contributed by atoms with E-state index in [9.17, 15) is 8.42 Å². The molecule has 0 amide bonds. The molecule has 120 valence electrons. The van der Waals surface area contributed by atoms with E-state index in [-0.39, 0.29) is 0 Å². The molecule has 6 nitrogen and oxygen atoms in total. The van der Waals surface area contributed by atoms with Gasteiger partial charge in [-0.2, -0.15) is 18.4 Å². The van der Waals surface area contributed by atoms with Crippen molar-refractivity contribution in [2.24, 2.45) is 5.92 Å². The SMILES string of the molecule is CCCC1CNS(=O)(=O)N(c2ccc3c(C#N)nccc3c2)C1. The van der Waals surface area contributed by atoms with Gasteiger partial charge in [-0.15, -0.1) is 0 Å². The second-order valence-corrected chi connectivity index (χ2v) is 7.40. The fraction of sp³-hybridized carbons (Fsp3) is 0.375. The highest BCUT2D eigenvalue weighted by molar-refractivity contribution is 7.90. The number of nitriles is 1. The van der Waals surface area contributed by atoms with Crippen molar-refractivity contribution in [3.8, 4) is 6.07 Å².